The minimum absolute atomic E-state index is 0.103. The summed E-state index contributed by atoms with van der Waals surface area (Å²) in [6.45, 7) is 0. The fourth-order valence-electron chi connectivity index (χ4n) is 2.52. The third-order valence-electron chi connectivity index (χ3n) is 4.03. The van der Waals surface area contributed by atoms with Gasteiger partial charge in [0.05, 0.1) is 7.11 Å². The van der Waals surface area contributed by atoms with Crippen LogP contribution in [-0.2, 0) is 11.2 Å². The highest BCUT2D eigenvalue weighted by Gasteiger charge is 2.11. The number of anilines is 2. The van der Waals surface area contributed by atoms with Crippen molar-refractivity contribution < 1.29 is 14.1 Å². The van der Waals surface area contributed by atoms with Crippen molar-refractivity contribution in [2.45, 2.75) is 12.8 Å². The molecule has 0 bridgehead atoms. The Labute approximate surface area is 158 Å². The summed E-state index contributed by atoms with van der Waals surface area (Å²) in [5.74, 6) is 1.52. The summed E-state index contributed by atoms with van der Waals surface area (Å²) in [5.41, 5.74) is 2.63. The van der Waals surface area contributed by atoms with Crippen molar-refractivity contribution in [1.82, 2.24) is 10.1 Å². The summed E-state index contributed by atoms with van der Waals surface area (Å²) in [6.07, 6.45) is 0.633. The first-order valence-electron chi connectivity index (χ1n) is 8.59. The Bertz CT molecular complexity index is 904. The number of rotatable bonds is 7. The van der Waals surface area contributed by atoms with Crippen LogP contribution in [0.2, 0.25) is 0 Å². The summed E-state index contributed by atoms with van der Waals surface area (Å²) in [4.78, 5) is 18.5. The summed E-state index contributed by atoms with van der Waals surface area (Å²) in [6, 6.07) is 15.1. The highest BCUT2D eigenvalue weighted by molar-refractivity contribution is 5.90. The van der Waals surface area contributed by atoms with Crippen LogP contribution in [0.4, 0.5) is 11.4 Å². The van der Waals surface area contributed by atoms with E-state index in [1.807, 2.05) is 67.5 Å². The molecule has 0 aliphatic rings. The van der Waals surface area contributed by atoms with Gasteiger partial charge in [0.2, 0.25) is 17.6 Å². The van der Waals surface area contributed by atoms with E-state index in [0.29, 0.717) is 18.1 Å². The molecule has 0 fully saturated rings. The minimum atomic E-state index is -0.103. The molecule has 1 aromatic heterocycles. The first-order chi connectivity index (χ1) is 13.0. The highest BCUT2D eigenvalue weighted by Crippen LogP contribution is 2.21. The number of hydrogen-bond acceptors (Lipinski definition) is 6. The molecular formula is C20H22N4O3. The fraction of sp³-hybridized carbons (Fsp3) is 0.250. The van der Waals surface area contributed by atoms with Gasteiger partial charge in [-0.15, -0.1) is 0 Å². The molecule has 1 heterocycles. The van der Waals surface area contributed by atoms with E-state index >= 15 is 0 Å². The largest absolute Gasteiger partial charge is 0.497 e. The molecule has 0 atom stereocenters. The summed E-state index contributed by atoms with van der Waals surface area (Å²) in [5, 5.41) is 6.84. The normalized spacial score (nSPS) is 10.5. The van der Waals surface area contributed by atoms with Crippen molar-refractivity contribution in [1.29, 1.82) is 0 Å². The summed E-state index contributed by atoms with van der Waals surface area (Å²) < 4.78 is 10.4. The van der Waals surface area contributed by atoms with Gasteiger partial charge in [-0.05, 0) is 36.4 Å². The van der Waals surface area contributed by atoms with Crippen LogP contribution >= 0.6 is 0 Å². The number of benzene rings is 2. The SMILES string of the molecule is COc1cccc(-c2noc(CCC(=O)Nc3ccc(N(C)C)cc3)n2)c1. The van der Waals surface area contributed by atoms with Crippen molar-refractivity contribution >= 4 is 17.3 Å². The first-order valence-corrected chi connectivity index (χ1v) is 8.59. The standard InChI is InChI=1S/C20H22N4O3/c1-24(2)16-9-7-15(8-10-16)21-18(25)11-12-19-22-20(23-27-19)14-5-4-6-17(13-14)26-3/h4-10,13H,11-12H2,1-3H3,(H,21,25). The molecule has 7 heteroatoms. The average molecular weight is 366 g/mol. The number of hydrogen-bond donors (Lipinski definition) is 1. The predicted octanol–water partition coefficient (Wildman–Crippen LogP) is 3.38. The van der Waals surface area contributed by atoms with Gasteiger partial charge in [-0.2, -0.15) is 4.98 Å². The average Bonchev–Trinajstić information content (AvgIpc) is 3.16. The lowest BCUT2D eigenvalue weighted by Gasteiger charge is -2.12. The maximum atomic E-state index is 12.1. The van der Waals surface area contributed by atoms with Crippen LogP contribution in [0.3, 0.4) is 0 Å². The van der Waals surface area contributed by atoms with Crippen molar-refractivity contribution in [3.63, 3.8) is 0 Å². The molecular weight excluding hydrogens is 344 g/mol. The molecule has 2 aromatic carbocycles. The van der Waals surface area contributed by atoms with Crippen LogP contribution in [0, 0.1) is 0 Å². The van der Waals surface area contributed by atoms with E-state index in [4.69, 9.17) is 9.26 Å². The van der Waals surface area contributed by atoms with Crippen LogP contribution in [0.1, 0.15) is 12.3 Å². The van der Waals surface area contributed by atoms with Crippen molar-refractivity contribution in [3.05, 3.63) is 54.4 Å². The smallest absolute Gasteiger partial charge is 0.227 e. The number of aryl methyl sites for hydroxylation is 1. The molecule has 0 saturated heterocycles. The number of nitrogens with one attached hydrogen (secondary N) is 1. The quantitative estimate of drug-likeness (QED) is 0.690. The molecule has 0 spiro atoms. The second-order valence-corrected chi connectivity index (χ2v) is 6.23. The van der Waals surface area contributed by atoms with Crippen LogP contribution in [-0.4, -0.2) is 37.3 Å². The first kappa shape index (κ1) is 18.4. The van der Waals surface area contributed by atoms with Gasteiger partial charge >= 0.3 is 0 Å². The van der Waals surface area contributed by atoms with Gasteiger partial charge in [-0.3, -0.25) is 4.79 Å². The Kier molecular flexibility index (Phi) is 5.71. The number of ether oxygens (including phenoxy) is 1. The molecule has 1 amide bonds. The Morgan fingerprint density at radius 3 is 2.67 bits per heavy atom. The van der Waals surface area contributed by atoms with Crippen LogP contribution < -0.4 is 15.0 Å². The third kappa shape index (κ3) is 4.84. The number of carbonyl (C=O) groups is 1. The van der Waals surface area contributed by atoms with E-state index in [-0.39, 0.29) is 12.3 Å². The van der Waals surface area contributed by atoms with Crippen molar-refractivity contribution in [2.75, 3.05) is 31.4 Å². The van der Waals surface area contributed by atoms with Crippen molar-refractivity contribution in [3.8, 4) is 17.1 Å². The maximum Gasteiger partial charge on any atom is 0.227 e. The molecule has 0 aliphatic heterocycles. The number of nitrogens with zero attached hydrogens (tertiary/aromatic N) is 3. The van der Waals surface area contributed by atoms with E-state index in [1.165, 1.54) is 0 Å². The topological polar surface area (TPSA) is 80.5 Å². The zero-order valence-corrected chi connectivity index (χ0v) is 15.6. The number of methoxy groups -OCH3 is 1. The molecule has 140 valence electrons. The molecule has 3 aromatic rings. The Morgan fingerprint density at radius 2 is 1.96 bits per heavy atom. The zero-order chi connectivity index (χ0) is 19.2. The molecule has 3 rings (SSSR count). The van der Waals surface area contributed by atoms with Gasteiger partial charge in [-0.25, -0.2) is 0 Å². The fourth-order valence-corrected chi connectivity index (χ4v) is 2.52. The minimum Gasteiger partial charge on any atom is -0.497 e. The molecule has 27 heavy (non-hydrogen) atoms. The predicted molar refractivity (Wildman–Crippen MR) is 104 cm³/mol. The second-order valence-electron chi connectivity index (χ2n) is 6.23. The van der Waals surface area contributed by atoms with Crippen molar-refractivity contribution in [2.24, 2.45) is 0 Å². The molecule has 0 unspecified atom stereocenters. The lowest BCUT2D eigenvalue weighted by Crippen LogP contribution is -2.13. The van der Waals surface area contributed by atoms with Crippen LogP contribution in [0.5, 0.6) is 5.75 Å². The third-order valence-corrected chi connectivity index (χ3v) is 4.03. The van der Waals surface area contributed by atoms with Crippen LogP contribution in [0.25, 0.3) is 11.4 Å². The van der Waals surface area contributed by atoms with Gasteiger partial charge < -0.3 is 19.5 Å². The Hall–Kier alpha value is -3.35. The lowest BCUT2D eigenvalue weighted by atomic mass is 10.2. The summed E-state index contributed by atoms with van der Waals surface area (Å²) in [7, 11) is 5.54. The molecule has 0 radical (unpaired) electrons. The molecule has 1 N–H and O–H groups in total. The molecule has 0 saturated carbocycles. The van der Waals surface area contributed by atoms with Gasteiger partial charge in [0.15, 0.2) is 0 Å². The number of aromatic nitrogens is 2. The van der Waals surface area contributed by atoms with E-state index in [9.17, 15) is 4.79 Å². The monoisotopic (exact) mass is 366 g/mol. The van der Waals surface area contributed by atoms with Gasteiger partial charge in [0.1, 0.15) is 5.75 Å². The van der Waals surface area contributed by atoms with E-state index < -0.39 is 0 Å². The van der Waals surface area contributed by atoms with Crippen LogP contribution in [0.15, 0.2) is 53.1 Å². The van der Waals surface area contributed by atoms with E-state index in [1.54, 1.807) is 7.11 Å². The molecule has 0 aliphatic carbocycles. The van der Waals surface area contributed by atoms with Gasteiger partial charge in [-0.1, -0.05) is 17.3 Å². The van der Waals surface area contributed by atoms with E-state index in [0.717, 1.165) is 22.7 Å². The molecule has 7 nitrogen and oxygen atoms in total. The number of amides is 1. The zero-order valence-electron chi connectivity index (χ0n) is 15.6. The maximum absolute atomic E-state index is 12.1. The second kappa shape index (κ2) is 8.35. The van der Waals surface area contributed by atoms with E-state index in [2.05, 4.69) is 15.5 Å². The summed E-state index contributed by atoms with van der Waals surface area (Å²) >= 11 is 0. The van der Waals surface area contributed by atoms with Gasteiger partial charge in [0.25, 0.3) is 0 Å². The Morgan fingerprint density at radius 1 is 1.19 bits per heavy atom. The van der Waals surface area contributed by atoms with Gasteiger partial charge in [0, 0.05) is 43.9 Å². The lowest BCUT2D eigenvalue weighted by molar-refractivity contribution is -0.116. The number of carbonyl (C=O) groups excluding carboxylic acids is 1. The highest BCUT2D eigenvalue weighted by atomic mass is 16.5. The Balaban J connectivity index is 1.55.